The number of imide groups is 1. The lowest BCUT2D eigenvalue weighted by Crippen LogP contribution is -2.29. The van der Waals surface area contributed by atoms with Gasteiger partial charge < -0.3 is 9.47 Å². The number of carbonyl (C=O) groups is 2. The summed E-state index contributed by atoms with van der Waals surface area (Å²) in [4.78, 5) is 26.3. The van der Waals surface area contributed by atoms with Crippen molar-refractivity contribution in [3.63, 3.8) is 0 Å². The van der Waals surface area contributed by atoms with Gasteiger partial charge in [-0.1, -0.05) is 28.1 Å². The SMILES string of the molecule is COc1cc(CN2C(=O)c3ccccc3C2=O)c(OC)cc1CBr. The van der Waals surface area contributed by atoms with E-state index >= 15 is 0 Å². The zero-order valence-electron chi connectivity index (χ0n) is 13.3. The van der Waals surface area contributed by atoms with Crippen molar-refractivity contribution in [1.82, 2.24) is 4.90 Å². The number of methoxy groups -OCH3 is 2. The molecule has 2 aromatic carbocycles. The first kappa shape index (κ1) is 16.5. The van der Waals surface area contributed by atoms with Gasteiger partial charge >= 0.3 is 0 Å². The summed E-state index contributed by atoms with van der Waals surface area (Å²) in [5.41, 5.74) is 2.52. The number of carbonyl (C=O) groups excluding carboxylic acids is 2. The van der Waals surface area contributed by atoms with Crippen molar-refractivity contribution in [1.29, 1.82) is 0 Å². The van der Waals surface area contributed by atoms with Crippen molar-refractivity contribution in [2.24, 2.45) is 0 Å². The maximum absolute atomic E-state index is 12.5. The summed E-state index contributed by atoms with van der Waals surface area (Å²) in [5.74, 6) is 0.712. The molecule has 0 spiro atoms. The van der Waals surface area contributed by atoms with Crippen molar-refractivity contribution in [2.75, 3.05) is 14.2 Å². The Labute approximate surface area is 148 Å². The molecule has 1 aliphatic rings. The van der Waals surface area contributed by atoms with Crippen LogP contribution in [0.3, 0.4) is 0 Å². The van der Waals surface area contributed by atoms with E-state index in [0.717, 1.165) is 5.56 Å². The number of hydrogen-bond donors (Lipinski definition) is 0. The average molecular weight is 390 g/mol. The lowest BCUT2D eigenvalue weighted by atomic mass is 10.1. The standard InChI is InChI=1S/C18H16BrNO4/c1-23-15-8-12(16(24-2)7-11(15)9-19)10-20-17(21)13-5-3-4-6-14(13)18(20)22/h3-8H,9-10H2,1-2H3. The number of ether oxygens (including phenoxy) is 2. The molecule has 0 N–H and O–H groups in total. The molecule has 3 rings (SSSR count). The maximum atomic E-state index is 12.5. The lowest BCUT2D eigenvalue weighted by Gasteiger charge is -2.18. The summed E-state index contributed by atoms with van der Waals surface area (Å²) >= 11 is 3.41. The number of hydrogen-bond acceptors (Lipinski definition) is 4. The first-order chi connectivity index (χ1) is 11.6. The van der Waals surface area contributed by atoms with Crippen molar-refractivity contribution in [3.8, 4) is 11.5 Å². The van der Waals surface area contributed by atoms with Gasteiger partial charge in [0, 0.05) is 16.5 Å². The van der Waals surface area contributed by atoms with Gasteiger partial charge in [0.1, 0.15) is 11.5 Å². The average Bonchev–Trinajstić information content (AvgIpc) is 2.86. The van der Waals surface area contributed by atoms with E-state index in [9.17, 15) is 9.59 Å². The van der Waals surface area contributed by atoms with E-state index in [1.807, 2.05) is 6.07 Å². The monoisotopic (exact) mass is 389 g/mol. The van der Waals surface area contributed by atoms with Crippen LogP contribution in [0.2, 0.25) is 0 Å². The zero-order chi connectivity index (χ0) is 17.3. The Morgan fingerprint density at radius 3 is 1.92 bits per heavy atom. The molecule has 0 aliphatic carbocycles. The number of amides is 2. The Balaban J connectivity index is 1.97. The molecule has 0 bridgehead atoms. The van der Waals surface area contributed by atoms with Crippen LogP contribution in [-0.2, 0) is 11.9 Å². The van der Waals surface area contributed by atoms with E-state index in [4.69, 9.17) is 9.47 Å². The van der Waals surface area contributed by atoms with E-state index in [2.05, 4.69) is 15.9 Å². The van der Waals surface area contributed by atoms with Gasteiger partial charge in [0.25, 0.3) is 11.8 Å². The van der Waals surface area contributed by atoms with E-state index in [-0.39, 0.29) is 18.4 Å². The third-order valence-corrected chi connectivity index (χ3v) is 4.64. The van der Waals surface area contributed by atoms with Gasteiger partial charge in [-0.05, 0) is 24.3 Å². The van der Waals surface area contributed by atoms with Gasteiger partial charge in [-0.3, -0.25) is 14.5 Å². The summed E-state index contributed by atoms with van der Waals surface area (Å²) in [6.07, 6.45) is 0. The highest BCUT2D eigenvalue weighted by Gasteiger charge is 2.35. The highest BCUT2D eigenvalue weighted by molar-refractivity contribution is 9.08. The van der Waals surface area contributed by atoms with Gasteiger partial charge in [-0.25, -0.2) is 0 Å². The van der Waals surface area contributed by atoms with Gasteiger partial charge in [0.2, 0.25) is 0 Å². The molecule has 5 nitrogen and oxygen atoms in total. The third-order valence-electron chi connectivity index (χ3n) is 4.03. The Hall–Kier alpha value is -2.34. The highest BCUT2D eigenvalue weighted by Crippen LogP contribution is 2.33. The predicted molar refractivity (Wildman–Crippen MR) is 92.8 cm³/mol. The summed E-state index contributed by atoms with van der Waals surface area (Å²) in [6, 6.07) is 10.5. The molecule has 1 aliphatic heterocycles. The summed E-state index contributed by atoms with van der Waals surface area (Å²) in [7, 11) is 3.14. The van der Waals surface area contributed by atoms with Gasteiger partial charge in [0.05, 0.1) is 31.9 Å². The second kappa shape index (κ2) is 6.65. The molecular formula is C18H16BrNO4. The van der Waals surface area contributed by atoms with Crippen LogP contribution in [0.15, 0.2) is 36.4 Å². The Bertz CT molecular complexity index is 784. The van der Waals surface area contributed by atoms with Gasteiger partial charge in [-0.15, -0.1) is 0 Å². The number of nitrogens with zero attached hydrogens (tertiary/aromatic N) is 1. The quantitative estimate of drug-likeness (QED) is 0.580. The molecule has 0 unspecified atom stereocenters. The van der Waals surface area contributed by atoms with E-state index in [1.165, 1.54) is 4.90 Å². The van der Waals surface area contributed by atoms with Crippen LogP contribution in [0, 0.1) is 0 Å². The molecule has 0 atom stereocenters. The minimum absolute atomic E-state index is 0.133. The summed E-state index contributed by atoms with van der Waals surface area (Å²) in [6.45, 7) is 0.133. The number of fused-ring (bicyclic) bond motifs is 1. The van der Waals surface area contributed by atoms with E-state index in [0.29, 0.717) is 33.5 Å². The largest absolute Gasteiger partial charge is 0.496 e. The van der Waals surface area contributed by atoms with Crippen molar-refractivity contribution in [3.05, 3.63) is 58.7 Å². The fourth-order valence-electron chi connectivity index (χ4n) is 2.81. The lowest BCUT2D eigenvalue weighted by molar-refractivity contribution is 0.0641. The predicted octanol–water partition coefficient (Wildman–Crippen LogP) is 3.39. The molecule has 0 saturated heterocycles. The fraction of sp³-hybridized carbons (Fsp3) is 0.222. The molecule has 0 saturated carbocycles. The van der Waals surface area contributed by atoms with E-state index < -0.39 is 0 Å². The molecule has 0 radical (unpaired) electrons. The van der Waals surface area contributed by atoms with Crippen LogP contribution in [-0.4, -0.2) is 30.9 Å². The fourth-order valence-corrected chi connectivity index (χ4v) is 3.24. The molecule has 0 fully saturated rings. The smallest absolute Gasteiger partial charge is 0.261 e. The molecular weight excluding hydrogens is 374 g/mol. The van der Waals surface area contributed by atoms with Crippen molar-refractivity contribution < 1.29 is 19.1 Å². The van der Waals surface area contributed by atoms with Gasteiger partial charge in [-0.2, -0.15) is 0 Å². The Morgan fingerprint density at radius 2 is 1.42 bits per heavy atom. The second-order valence-corrected chi connectivity index (χ2v) is 5.91. The Kier molecular flexibility index (Phi) is 4.57. The van der Waals surface area contributed by atoms with Crippen LogP contribution in [0.5, 0.6) is 11.5 Å². The van der Waals surface area contributed by atoms with Crippen LogP contribution in [0.1, 0.15) is 31.8 Å². The topological polar surface area (TPSA) is 55.8 Å². The minimum Gasteiger partial charge on any atom is -0.496 e. The number of alkyl halides is 1. The molecule has 2 aromatic rings. The first-order valence-corrected chi connectivity index (χ1v) is 8.47. The van der Waals surface area contributed by atoms with Crippen LogP contribution < -0.4 is 9.47 Å². The van der Waals surface area contributed by atoms with Crippen molar-refractivity contribution >= 4 is 27.7 Å². The molecule has 1 heterocycles. The maximum Gasteiger partial charge on any atom is 0.261 e. The highest BCUT2D eigenvalue weighted by atomic mass is 79.9. The summed E-state index contributed by atoms with van der Waals surface area (Å²) < 4.78 is 10.8. The third kappa shape index (κ3) is 2.67. The van der Waals surface area contributed by atoms with Crippen LogP contribution in [0.4, 0.5) is 0 Å². The number of rotatable bonds is 5. The first-order valence-electron chi connectivity index (χ1n) is 7.35. The van der Waals surface area contributed by atoms with Gasteiger partial charge in [0.15, 0.2) is 0 Å². The molecule has 124 valence electrons. The minimum atomic E-state index is -0.291. The Morgan fingerprint density at radius 1 is 0.917 bits per heavy atom. The van der Waals surface area contributed by atoms with Crippen molar-refractivity contribution in [2.45, 2.75) is 11.9 Å². The molecule has 6 heteroatoms. The van der Waals surface area contributed by atoms with Crippen LogP contribution >= 0.6 is 15.9 Å². The summed E-state index contributed by atoms with van der Waals surface area (Å²) in [5, 5.41) is 0.611. The molecule has 24 heavy (non-hydrogen) atoms. The zero-order valence-corrected chi connectivity index (χ0v) is 14.9. The number of benzene rings is 2. The normalized spacial score (nSPS) is 13.2. The number of halogens is 1. The second-order valence-electron chi connectivity index (χ2n) is 5.35. The molecule has 0 aromatic heterocycles. The van der Waals surface area contributed by atoms with Crippen LogP contribution in [0.25, 0.3) is 0 Å². The molecule has 2 amide bonds. The van der Waals surface area contributed by atoms with E-state index in [1.54, 1.807) is 44.6 Å².